The summed E-state index contributed by atoms with van der Waals surface area (Å²) in [7, 11) is 1.34. The quantitative estimate of drug-likeness (QED) is 0.468. The van der Waals surface area contributed by atoms with Crippen molar-refractivity contribution in [1.29, 1.82) is 15.8 Å². The number of halogens is 1. The van der Waals surface area contributed by atoms with Gasteiger partial charge in [-0.1, -0.05) is 17.7 Å². The highest BCUT2D eigenvalue weighted by atomic mass is 19.1. The van der Waals surface area contributed by atoms with Crippen molar-refractivity contribution in [2.75, 3.05) is 7.05 Å². The minimum Gasteiger partial charge on any atom is -0.506 e. The Kier molecular flexibility index (Phi) is 6.19. The van der Waals surface area contributed by atoms with Gasteiger partial charge in [0.2, 0.25) is 0 Å². The monoisotopic (exact) mass is 390 g/mol. The number of phenolic OH excluding ortho intramolecular Hbond substituents is 1. The van der Waals surface area contributed by atoms with Gasteiger partial charge in [0.15, 0.2) is 11.3 Å². The maximum atomic E-state index is 14.0. The molecule has 0 heterocycles. The smallest absolute Gasteiger partial charge is 0.268 e. The average Bonchev–Trinajstić information content (AvgIpc) is 2.71. The number of benzene rings is 2. The summed E-state index contributed by atoms with van der Waals surface area (Å²) in [5.41, 5.74) is -0.384. The molecule has 2 aromatic carbocycles. The third kappa shape index (κ3) is 4.32. The molecule has 0 aliphatic heterocycles. The summed E-state index contributed by atoms with van der Waals surface area (Å²) in [6.07, 6.45) is 0. The molecule has 0 aliphatic rings. The number of rotatable bonds is 4. The molecule has 1 amide bonds. The molecule has 144 valence electrons. The predicted molar refractivity (Wildman–Crippen MR) is 100 cm³/mol. The SMILES string of the molecule is Cc1ccc(F)c(CN(C)C(=O)/C(C#N)=C(\O)c2cc(C#N)c(O)c(C#N)c2)c1. The zero-order valence-corrected chi connectivity index (χ0v) is 15.6. The number of nitriles is 3. The first-order chi connectivity index (χ1) is 13.7. The van der Waals surface area contributed by atoms with Crippen LogP contribution < -0.4 is 0 Å². The maximum absolute atomic E-state index is 14.0. The highest BCUT2D eigenvalue weighted by molar-refractivity contribution is 6.03. The van der Waals surface area contributed by atoms with Crippen LogP contribution in [0, 0.1) is 46.7 Å². The third-order valence-corrected chi connectivity index (χ3v) is 4.14. The van der Waals surface area contributed by atoms with Crippen LogP contribution in [0.5, 0.6) is 5.75 Å². The van der Waals surface area contributed by atoms with Crippen molar-refractivity contribution in [3.63, 3.8) is 0 Å². The van der Waals surface area contributed by atoms with Crippen molar-refractivity contribution >= 4 is 11.7 Å². The van der Waals surface area contributed by atoms with Gasteiger partial charge < -0.3 is 15.1 Å². The van der Waals surface area contributed by atoms with E-state index in [1.165, 1.54) is 13.1 Å². The highest BCUT2D eigenvalue weighted by Crippen LogP contribution is 2.28. The van der Waals surface area contributed by atoms with E-state index in [2.05, 4.69) is 0 Å². The summed E-state index contributed by atoms with van der Waals surface area (Å²) in [4.78, 5) is 13.7. The van der Waals surface area contributed by atoms with Gasteiger partial charge in [0.05, 0.1) is 11.1 Å². The fraction of sp³-hybridized carbons (Fsp3) is 0.143. The number of likely N-dealkylation sites (N-methyl/N-ethyl adjacent to an activating group) is 1. The lowest BCUT2D eigenvalue weighted by Gasteiger charge is -2.18. The summed E-state index contributed by atoms with van der Waals surface area (Å²) in [5.74, 6) is -2.72. The van der Waals surface area contributed by atoms with E-state index in [4.69, 9.17) is 10.5 Å². The van der Waals surface area contributed by atoms with E-state index < -0.39 is 28.8 Å². The Morgan fingerprint density at radius 3 is 2.24 bits per heavy atom. The number of carbonyl (C=O) groups is 1. The Labute approximate surface area is 166 Å². The molecule has 2 aromatic rings. The lowest BCUT2D eigenvalue weighted by molar-refractivity contribution is -0.126. The van der Waals surface area contributed by atoms with Crippen LogP contribution >= 0.6 is 0 Å². The molecule has 0 radical (unpaired) electrons. The molecule has 0 bridgehead atoms. The number of phenols is 1. The standard InChI is InChI=1S/C21H15FN4O3/c1-12-3-4-18(22)16(5-12)11-26(2)21(29)17(10-25)20(28)13-6-14(8-23)19(27)15(7-13)9-24/h3-7,27-28H,11H2,1-2H3/b20-17-. The van der Waals surface area contributed by atoms with Crippen LogP contribution in [0.25, 0.3) is 5.76 Å². The molecule has 0 aliphatic carbocycles. The molecule has 2 N–H and O–H groups in total. The Morgan fingerprint density at radius 1 is 1.14 bits per heavy atom. The zero-order chi connectivity index (χ0) is 21.7. The minimum absolute atomic E-state index is 0.146. The van der Waals surface area contributed by atoms with Gasteiger partial charge in [0.25, 0.3) is 5.91 Å². The normalized spacial score (nSPS) is 10.9. The van der Waals surface area contributed by atoms with Gasteiger partial charge in [-0.05, 0) is 25.1 Å². The van der Waals surface area contributed by atoms with Crippen molar-refractivity contribution in [2.45, 2.75) is 13.5 Å². The van der Waals surface area contributed by atoms with Gasteiger partial charge >= 0.3 is 0 Å². The Morgan fingerprint density at radius 2 is 1.72 bits per heavy atom. The maximum Gasteiger partial charge on any atom is 0.268 e. The molecular formula is C21H15FN4O3. The molecule has 29 heavy (non-hydrogen) atoms. The number of aliphatic hydroxyl groups is 1. The first kappa shape index (κ1) is 21.0. The third-order valence-electron chi connectivity index (χ3n) is 4.14. The summed E-state index contributed by atoms with van der Waals surface area (Å²) in [6, 6.07) is 11.4. The van der Waals surface area contributed by atoms with Gasteiger partial charge in [-0.25, -0.2) is 4.39 Å². The second-order valence-corrected chi connectivity index (χ2v) is 6.24. The molecule has 0 fully saturated rings. The molecule has 0 spiro atoms. The number of hydrogen-bond donors (Lipinski definition) is 2. The van der Waals surface area contributed by atoms with Crippen LogP contribution in [0.2, 0.25) is 0 Å². The molecule has 0 unspecified atom stereocenters. The number of aliphatic hydroxyl groups excluding tert-OH is 1. The molecule has 8 heteroatoms. The van der Waals surface area contributed by atoms with E-state index in [1.807, 2.05) is 0 Å². The zero-order valence-electron chi connectivity index (χ0n) is 15.6. The second-order valence-electron chi connectivity index (χ2n) is 6.24. The molecule has 2 rings (SSSR count). The van der Waals surface area contributed by atoms with Crippen LogP contribution in [0.3, 0.4) is 0 Å². The van der Waals surface area contributed by atoms with Crippen LogP contribution in [0.1, 0.15) is 27.8 Å². The van der Waals surface area contributed by atoms with Crippen LogP contribution in [0.15, 0.2) is 35.9 Å². The molecule has 7 nitrogen and oxygen atoms in total. The van der Waals surface area contributed by atoms with E-state index in [9.17, 15) is 24.7 Å². The first-order valence-electron chi connectivity index (χ1n) is 8.24. The van der Waals surface area contributed by atoms with Crippen LogP contribution in [-0.4, -0.2) is 28.1 Å². The fourth-order valence-electron chi connectivity index (χ4n) is 2.63. The lowest BCUT2D eigenvalue weighted by atomic mass is 10.0. The van der Waals surface area contributed by atoms with E-state index in [0.29, 0.717) is 0 Å². The van der Waals surface area contributed by atoms with Crippen molar-refractivity contribution in [3.8, 4) is 24.0 Å². The van der Waals surface area contributed by atoms with Crippen molar-refractivity contribution in [1.82, 2.24) is 4.90 Å². The van der Waals surface area contributed by atoms with Gasteiger partial charge in [-0.2, -0.15) is 15.8 Å². The van der Waals surface area contributed by atoms with E-state index in [1.54, 1.807) is 37.3 Å². The van der Waals surface area contributed by atoms with Gasteiger partial charge in [-0.3, -0.25) is 4.79 Å². The van der Waals surface area contributed by atoms with Gasteiger partial charge in [-0.15, -0.1) is 0 Å². The first-order valence-corrected chi connectivity index (χ1v) is 8.24. The summed E-state index contributed by atoms with van der Waals surface area (Å²) in [6.45, 7) is 1.62. The van der Waals surface area contributed by atoms with E-state index in [-0.39, 0.29) is 28.8 Å². The molecule has 0 atom stereocenters. The largest absolute Gasteiger partial charge is 0.506 e. The Bertz CT molecular complexity index is 1110. The van der Waals surface area contributed by atoms with Crippen molar-refractivity contribution in [3.05, 3.63) is 69.5 Å². The van der Waals surface area contributed by atoms with E-state index >= 15 is 0 Å². The summed E-state index contributed by atoms with van der Waals surface area (Å²) in [5, 5.41) is 47.7. The van der Waals surface area contributed by atoms with Gasteiger partial charge in [0.1, 0.15) is 29.8 Å². The second kappa shape index (κ2) is 8.56. The van der Waals surface area contributed by atoms with Crippen molar-refractivity contribution < 1.29 is 19.4 Å². The summed E-state index contributed by atoms with van der Waals surface area (Å²) >= 11 is 0. The Balaban J connectivity index is 2.46. The number of aryl methyl sites for hydroxylation is 1. The lowest BCUT2D eigenvalue weighted by Crippen LogP contribution is -2.28. The predicted octanol–water partition coefficient (Wildman–Crippen LogP) is 3.03. The minimum atomic E-state index is -0.879. The van der Waals surface area contributed by atoms with Crippen molar-refractivity contribution in [2.24, 2.45) is 0 Å². The molecular weight excluding hydrogens is 375 g/mol. The number of aromatic hydroxyl groups is 1. The van der Waals surface area contributed by atoms with Crippen LogP contribution in [-0.2, 0) is 11.3 Å². The highest BCUT2D eigenvalue weighted by Gasteiger charge is 2.23. The number of hydrogen-bond acceptors (Lipinski definition) is 6. The molecule has 0 saturated carbocycles. The number of carbonyl (C=O) groups excluding carboxylic acids is 1. The Hall–Kier alpha value is -4.35. The molecule has 0 aromatic heterocycles. The number of amides is 1. The molecule has 0 saturated heterocycles. The number of nitrogens with zero attached hydrogens (tertiary/aromatic N) is 4. The van der Waals surface area contributed by atoms with Crippen LogP contribution in [0.4, 0.5) is 4.39 Å². The van der Waals surface area contributed by atoms with Gasteiger partial charge in [0, 0.05) is 24.7 Å². The topological polar surface area (TPSA) is 132 Å². The van der Waals surface area contributed by atoms with E-state index in [0.717, 1.165) is 22.6 Å². The summed E-state index contributed by atoms with van der Waals surface area (Å²) < 4.78 is 14.0. The average molecular weight is 390 g/mol. The fourth-order valence-corrected chi connectivity index (χ4v) is 2.63.